The summed E-state index contributed by atoms with van der Waals surface area (Å²) in [5.74, 6) is 0. The van der Waals surface area contributed by atoms with Crippen molar-refractivity contribution in [3.8, 4) is 0 Å². The van der Waals surface area contributed by atoms with Gasteiger partial charge in [-0.25, -0.2) is 4.79 Å². The van der Waals surface area contributed by atoms with Gasteiger partial charge < -0.3 is 0 Å². The van der Waals surface area contributed by atoms with Gasteiger partial charge >= 0.3 is 5.56 Å². The van der Waals surface area contributed by atoms with Gasteiger partial charge in [-0.05, 0) is 25.5 Å². The van der Waals surface area contributed by atoms with Crippen LogP contribution in [0.15, 0.2) is 23.3 Å². The monoisotopic (exact) mass is 164 g/mol. The van der Waals surface area contributed by atoms with Crippen molar-refractivity contribution in [2.75, 3.05) is 0 Å². The van der Waals surface area contributed by atoms with Gasteiger partial charge in [0, 0.05) is 0 Å². The maximum atomic E-state index is 11.0. The number of aryl methyl sites for hydroxylation is 2. The number of hydrogen-bond acceptors (Lipinski definition) is 1. The van der Waals surface area contributed by atoms with Gasteiger partial charge in [0.2, 0.25) is 6.20 Å². The second-order valence-electron chi connectivity index (χ2n) is 2.96. The topological polar surface area (TPSA) is 41.4 Å². The van der Waals surface area contributed by atoms with Crippen molar-refractivity contribution < 1.29 is 4.52 Å². The number of nitrogens with zero attached hydrogens (tertiary/aromatic N) is 2. The molecule has 0 fully saturated rings. The fraction of sp³-hybridized carbons (Fsp3) is 0.250. The van der Waals surface area contributed by atoms with Gasteiger partial charge in [0.15, 0.2) is 0 Å². The zero-order valence-electron chi connectivity index (χ0n) is 7.03. The van der Waals surface area contributed by atoms with Crippen molar-refractivity contribution in [3.05, 3.63) is 40.1 Å². The first-order chi connectivity index (χ1) is 5.66. The Labute approximate surface area is 69.0 Å². The van der Waals surface area contributed by atoms with Gasteiger partial charge in [-0.1, -0.05) is 4.63 Å². The van der Waals surface area contributed by atoms with Crippen molar-refractivity contribution in [1.82, 2.24) is 9.73 Å². The summed E-state index contributed by atoms with van der Waals surface area (Å²) in [4.78, 5) is 11.0. The van der Waals surface area contributed by atoms with E-state index in [1.54, 1.807) is 9.15 Å². The highest BCUT2D eigenvalue weighted by molar-refractivity contribution is 5.07. The van der Waals surface area contributed by atoms with Gasteiger partial charge in [-0.2, -0.15) is 0 Å². The molecule has 0 saturated heterocycles. The lowest BCUT2D eigenvalue weighted by Crippen LogP contribution is -2.29. The van der Waals surface area contributed by atoms with E-state index in [0.29, 0.717) is 0 Å². The summed E-state index contributed by atoms with van der Waals surface area (Å²) in [5, 5.41) is 2.68. The quantitative estimate of drug-likeness (QED) is 0.540. The van der Waals surface area contributed by atoms with Gasteiger partial charge in [0.05, 0.1) is 5.69 Å². The van der Waals surface area contributed by atoms with Crippen LogP contribution in [0.25, 0.3) is 0 Å². The van der Waals surface area contributed by atoms with E-state index in [1.165, 1.54) is 6.20 Å². The number of aromatic amines is 1. The average Bonchev–Trinajstić information content (AvgIpc) is 2.29. The molecule has 0 aromatic carbocycles. The molecule has 4 nitrogen and oxygen atoms in total. The number of rotatable bonds is 0. The summed E-state index contributed by atoms with van der Waals surface area (Å²) in [7, 11) is 0. The third-order valence-electron chi connectivity index (χ3n) is 1.80. The van der Waals surface area contributed by atoms with Crippen molar-refractivity contribution in [3.63, 3.8) is 0 Å². The zero-order valence-corrected chi connectivity index (χ0v) is 7.03. The molecule has 2 aromatic heterocycles. The van der Waals surface area contributed by atoms with Crippen LogP contribution >= 0.6 is 0 Å². The van der Waals surface area contributed by atoms with E-state index in [2.05, 4.69) is 5.10 Å². The van der Waals surface area contributed by atoms with Gasteiger partial charge in [0.1, 0.15) is 6.20 Å². The van der Waals surface area contributed by atoms with Crippen LogP contribution in [0.3, 0.4) is 0 Å². The molecule has 0 amide bonds. The molecule has 2 rings (SSSR count). The van der Waals surface area contributed by atoms with Crippen molar-refractivity contribution >= 4 is 0 Å². The molecular weight excluding hydrogens is 154 g/mol. The normalized spacial score (nSPS) is 10.8. The largest absolute Gasteiger partial charge is 0.391 e. The van der Waals surface area contributed by atoms with Crippen LogP contribution < -0.4 is 10.1 Å². The first-order valence-electron chi connectivity index (χ1n) is 3.77. The molecule has 0 atom stereocenters. The first-order valence-corrected chi connectivity index (χ1v) is 3.77. The van der Waals surface area contributed by atoms with Crippen molar-refractivity contribution in [2.45, 2.75) is 13.8 Å². The molecule has 0 saturated carbocycles. The van der Waals surface area contributed by atoms with E-state index < -0.39 is 0 Å². The highest BCUT2D eigenvalue weighted by Crippen LogP contribution is 1.94. The Bertz CT molecular complexity index is 480. The van der Waals surface area contributed by atoms with E-state index in [0.717, 1.165) is 11.3 Å². The number of fused-ring (bicyclic) bond motifs is 1. The fourth-order valence-electron chi connectivity index (χ4n) is 1.37. The minimum absolute atomic E-state index is 0.0892. The standard InChI is InChI=1S/C8H9N3O/c1-6-3-7(2)11-9-8(12)5-10(11)4-6/h3-5H,1-2H3/p+1. The molecule has 4 heteroatoms. The summed E-state index contributed by atoms with van der Waals surface area (Å²) in [6, 6.07) is 2.01. The van der Waals surface area contributed by atoms with E-state index in [-0.39, 0.29) is 5.56 Å². The third-order valence-corrected chi connectivity index (χ3v) is 1.80. The van der Waals surface area contributed by atoms with Crippen LogP contribution in [0, 0.1) is 13.8 Å². The van der Waals surface area contributed by atoms with Crippen LogP contribution in [0.4, 0.5) is 0 Å². The third kappa shape index (κ3) is 0.922. The van der Waals surface area contributed by atoms with Crippen LogP contribution in [0.2, 0.25) is 0 Å². The van der Waals surface area contributed by atoms with Crippen molar-refractivity contribution in [2.24, 2.45) is 0 Å². The van der Waals surface area contributed by atoms with Crippen LogP contribution in [-0.2, 0) is 0 Å². The van der Waals surface area contributed by atoms with Gasteiger partial charge in [-0.3, -0.25) is 0 Å². The second kappa shape index (κ2) is 2.20. The fourth-order valence-corrected chi connectivity index (χ4v) is 1.37. The van der Waals surface area contributed by atoms with Gasteiger partial charge in [0.25, 0.3) is 0 Å². The van der Waals surface area contributed by atoms with E-state index in [9.17, 15) is 4.79 Å². The van der Waals surface area contributed by atoms with Crippen molar-refractivity contribution in [1.29, 1.82) is 0 Å². The van der Waals surface area contributed by atoms with Crippen LogP contribution in [0.5, 0.6) is 0 Å². The van der Waals surface area contributed by atoms with E-state index in [1.807, 2.05) is 26.1 Å². The lowest BCUT2D eigenvalue weighted by atomic mass is 10.3. The summed E-state index contributed by atoms with van der Waals surface area (Å²) >= 11 is 0. The average molecular weight is 164 g/mol. The highest BCUT2D eigenvalue weighted by Gasteiger charge is 2.05. The summed E-state index contributed by atoms with van der Waals surface area (Å²) in [6.45, 7) is 3.94. The molecule has 0 aliphatic rings. The molecule has 0 aliphatic heterocycles. The smallest absolute Gasteiger partial charge is 0.235 e. The Hall–Kier alpha value is -1.58. The second-order valence-corrected chi connectivity index (χ2v) is 2.96. The van der Waals surface area contributed by atoms with E-state index >= 15 is 0 Å². The van der Waals surface area contributed by atoms with Gasteiger partial charge in [-0.15, -0.1) is 9.61 Å². The lowest BCUT2D eigenvalue weighted by molar-refractivity contribution is -0.624. The molecule has 1 N–H and O–H groups in total. The molecule has 62 valence electrons. The Balaban J connectivity index is 2.97. The Morgan fingerprint density at radius 2 is 2.17 bits per heavy atom. The highest BCUT2D eigenvalue weighted by atomic mass is 16.1. The minimum atomic E-state index is -0.0892. The predicted octanol–water partition coefficient (Wildman–Crippen LogP) is -0.170. The molecule has 0 radical (unpaired) electrons. The minimum Gasteiger partial charge on any atom is -0.235 e. The SMILES string of the molecule is Cc1cc(C)n2[nH]c(=O)c[n+]2c1. The van der Waals surface area contributed by atoms with Crippen LogP contribution in [0.1, 0.15) is 11.3 Å². The Kier molecular flexibility index (Phi) is 1.30. The summed E-state index contributed by atoms with van der Waals surface area (Å²) < 4.78 is 3.45. The molecule has 0 spiro atoms. The Morgan fingerprint density at radius 3 is 2.92 bits per heavy atom. The number of aromatic nitrogens is 3. The number of H-pyrrole nitrogens is 1. The molecular formula is C8H10N3O+. The van der Waals surface area contributed by atoms with Crippen LogP contribution in [-0.4, -0.2) is 9.73 Å². The predicted molar refractivity (Wildman–Crippen MR) is 43.1 cm³/mol. The maximum absolute atomic E-state index is 11.0. The molecule has 0 unspecified atom stereocenters. The van der Waals surface area contributed by atoms with E-state index in [4.69, 9.17) is 0 Å². The Morgan fingerprint density at radius 1 is 1.42 bits per heavy atom. The maximum Gasteiger partial charge on any atom is 0.391 e. The molecule has 2 heterocycles. The number of hydrogen-bond donors (Lipinski definition) is 1. The molecule has 12 heavy (non-hydrogen) atoms. The lowest BCUT2D eigenvalue weighted by Gasteiger charge is -1.94. The number of nitrogens with one attached hydrogen (secondary N) is 1. The summed E-state index contributed by atoms with van der Waals surface area (Å²) in [6.07, 6.45) is 3.41. The molecule has 0 aliphatic carbocycles. The first kappa shape index (κ1) is 7.09. The molecule has 2 aromatic rings. The zero-order chi connectivity index (χ0) is 8.72. The molecule has 0 bridgehead atoms. The summed E-state index contributed by atoms with van der Waals surface area (Å²) in [5.41, 5.74) is 2.06.